The van der Waals surface area contributed by atoms with E-state index < -0.39 is 0 Å². The van der Waals surface area contributed by atoms with E-state index in [2.05, 4.69) is 43.4 Å². The van der Waals surface area contributed by atoms with Gasteiger partial charge in [0.05, 0.1) is 6.10 Å². The molecule has 0 radical (unpaired) electrons. The highest BCUT2D eigenvalue weighted by Gasteiger charge is 2.24. The van der Waals surface area contributed by atoms with Crippen molar-refractivity contribution in [2.75, 3.05) is 13.7 Å². The zero-order chi connectivity index (χ0) is 15.1. The van der Waals surface area contributed by atoms with Gasteiger partial charge in [-0.15, -0.1) is 0 Å². The topological polar surface area (TPSA) is 21.3 Å². The number of fused-ring (bicyclic) bond motifs is 1. The average molecular weight is 289 g/mol. The standard InChI is InChI=1S/C19H31NO/c1-4-12-20-18(13-15(2)21-3)14-17-10-7-9-16-8-5-6-11-19(16)17/h5-6,8,11,15,17-18,20H,4,7,9-10,12-14H2,1-3H3. The van der Waals surface area contributed by atoms with Crippen molar-refractivity contribution >= 4 is 0 Å². The highest BCUT2D eigenvalue weighted by molar-refractivity contribution is 5.32. The van der Waals surface area contributed by atoms with Crippen LogP contribution in [0.2, 0.25) is 0 Å². The predicted molar refractivity (Wildman–Crippen MR) is 89.9 cm³/mol. The maximum absolute atomic E-state index is 5.48. The first-order chi connectivity index (χ1) is 10.2. The summed E-state index contributed by atoms with van der Waals surface area (Å²) in [7, 11) is 1.82. The summed E-state index contributed by atoms with van der Waals surface area (Å²) in [5.74, 6) is 0.716. The van der Waals surface area contributed by atoms with Crippen LogP contribution in [0.25, 0.3) is 0 Å². The molecule has 0 bridgehead atoms. The Bertz CT molecular complexity index is 418. The third kappa shape index (κ3) is 4.82. The minimum Gasteiger partial charge on any atom is -0.382 e. The van der Waals surface area contributed by atoms with E-state index in [1.165, 1.54) is 32.1 Å². The maximum Gasteiger partial charge on any atom is 0.0558 e. The smallest absolute Gasteiger partial charge is 0.0558 e. The molecule has 0 saturated heterocycles. The van der Waals surface area contributed by atoms with Gasteiger partial charge < -0.3 is 10.1 Å². The predicted octanol–water partition coefficient (Wildman–Crippen LogP) is 4.29. The van der Waals surface area contributed by atoms with E-state index in [1.54, 1.807) is 11.1 Å². The molecule has 0 saturated carbocycles. The van der Waals surface area contributed by atoms with Gasteiger partial charge in [-0.2, -0.15) is 0 Å². The number of benzene rings is 1. The number of methoxy groups -OCH3 is 1. The Morgan fingerprint density at radius 2 is 2.14 bits per heavy atom. The highest BCUT2D eigenvalue weighted by atomic mass is 16.5. The second kappa shape index (κ2) is 8.55. The van der Waals surface area contributed by atoms with Gasteiger partial charge in [-0.05, 0) is 69.0 Å². The molecular weight excluding hydrogens is 258 g/mol. The van der Waals surface area contributed by atoms with Crippen molar-refractivity contribution in [1.29, 1.82) is 0 Å². The fraction of sp³-hybridized carbons (Fsp3) is 0.684. The summed E-state index contributed by atoms with van der Waals surface area (Å²) in [4.78, 5) is 0. The molecule has 1 aromatic rings. The van der Waals surface area contributed by atoms with Crippen LogP contribution in [0, 0.1) is 0 Å². The Labute approximate surface area is 130 Å². The summed E-state index contributed by atoms with van der Waals surface area (Å²) in [6.45, 7) is 5.52. The number of rotatable bonds is 8. The molecule has 1 aliphatic carbocycles. The van der Waals surface area contributed by atoms with E-state index >= 15 is 0 Å². The van der Waals surface area contributed by atoms with Crippen LogP contribution in [0.4, 0.5) is 0 Å². The van der Waals surface area contributed by atoms with Crippen LogP contribution in [0.15, 0.2) is 24.3 Å². The van der Waals surface area contributed by atoms with Gasteiger partial charge in [0.15, 0.2) is 0 Å². The first kappa shape index (κ1) is 16.5. The van der Waals surface area contributed by atoms with Gasteiger partial charge >= 0.3 is 0 Å². The average Bonchev–Trinajstić information content (AvgIpc) is 2.52. The van der Waals surface area contributed by atoms with Crippen LogP contribution in [-0.4, -0.2) is 25.8 Å². The zero-order valence-corrected chi connectivity index (χ0v) is 13.9. The lowest BCUT2D eigenvalue weighted by Gasteiger charge is -2.30. The molecular formula is C19H31NO. The Morgan fingerprint density at radius 3 is 2.90 bits per heavy atom. The van der Waals surface area contributed by atoms with E-state index in [0.717, 1.165) is 13.0 Å². The maximum atomic E-state index is 5.48. The highest BCUT2D eigenvalue weighted by Crippen LogP contribution is 2.35. The Balaban J connectivity index is 2.02. The van der Waals surface area contributed by atoms with Gasteiger partial charge in [0, 0.05) is 13.2 Å². The summed E-state index contributed by atoms with van der Waals surface area (Å²) in [6.07, 6.45) is 7.80. The van der Waals surface area contributed by atoms with Crippen LogP contribution in [0.1, 0.15) is 63.0 Å². The lowest BCUT2D eigenvalue weighted by Crippen LogP contribution is -2.35. The van der Waals surface area contributed by atoms with E-state index in [9.17, 15) is 0 Å². The van der Waals surface area contributed by atoms with E-state index in [4.69, 9.17) is 4.74 Å². The zero-order valence-electron chi connectivity index (χ0n) is 13.9. The van der Waals surface area contributed by atoms with Gasteiger partial charge in [0.25, 0.3) is 0 Å². The number of ether oxygens (including phenoxy) is 1. The Morgan fingerprint density at radius 1 is 1.33 bits per heavy atom. The Hall–Kier alpha value is -0.860. The van der Waals surface area contributed by atoms with Crippen molar-refractivity contribution in [3.8, 4) is 0 Å². The number of hydrogen-bond donors (Lipinski definition) is 1. The third-order valence-corrected chi connectivity index (χ3v) is 4.76. The van der Waals surface area contributed by atoms with Crippen LogP contribution in [0.5, 0.6) is 0 Å². The quantitative estimate of drug-likeness (QED) is 0.771. The van der Waals surface area contributed by atoms with Crippen molar-refractivity contribution in [3.05, 3.63) is 35.4 Å². The van der Waals surface area contributed by atoms with Crippen LogP contribution >= 0.6 is 0 Å². The van der Waals surface area contributed by atoms with E-state index in [1.807, 2.05) is 7.11 Å². The van der Waals surface area contributed by atoms with Crippen LogP contribution < -0.4 is 5.32 Å². The molecule has 0 heterocycles. The van der Waals surface area contributed by atoms with Crippen molar-refractivity contribution in [3.63, 3.8) is 0 Å². The second-order valence-corrected chi connectivity index (χ2v) is 6.46. The molecule has 0 spiro atoms. The first-order valence-electron chi connectivity index (χ1n) is 8.58. The summed E-state index contributed by atoms with van der Waals surface area (Å²) >= 11 is 0. The molecule has 0 aliphatic heterocycles. The van der Waals surface area contributed by atoms with Gasteiger partial charge in [-0.1, -0.05) is 31.2 Å². The summed E-state index contributed by atoms with van der Waals surface area (Å²) in [5, 5.41) is 3.73. The molecule has 0 amide bonds. The fourth-order valence-electron chi connectivity index (χ4n) is 3.55. The van der Waals surface area contributed by atoms with Gasteiger partial charge in [0.2, 0.25) is 0 Å². The third-order valence-electron chi connectivity index (χ3n) is 4.76. The van der Waals surface area contributed by atoms with Gasteiger partial charge in [-0.25, -0.2) is 0 Å². The first-order valence-corrected chi connectivity index (χ1v) is 8.58. The second-order valence-electron chi connectivity index (χ2n) is 6.46. The summed E-state index contributed by atoms with van der Waals surface area (Å²) in [6, 6.07) is 9.60. The fourth-order valence-corrected chi connectivity index (χ4v) is 3.55. The van der Waals surface area contributed by atoms with Gasteiger partial charge in [-0.3, -0.25) is 0 Å². The molecule has 3 unspecified atom stereocenters. The van der Waals surface area contributed by atoms with Crippen molar-refractivity contribution in [2.45, 2.75) is 70.4 Å². The van der Waals surface area contributed by atoms with Crippen molar-refractivity contribution in [1.82, 2.24) is 5.32 Å². The molecule has 2 nitrogen and oxygen atoms in total. The largest absolute Gasteiger partial charge is 0.382 e. The summed E-state index contributed by atoms with van der Waals surface area (Å²) < 4.78 is 5.48. The molecule has 1 N–H and O–H groups in total. The van der Waals surface area contributed by atoms with Gasteiger partial charge in [0.1, 0.15) is 0 Å². The number of hydrogen-bond acceptors (Lipinski definition) is 2. The molecule has 21 heavy (non-hydrogen) atoms. The monoisotopic (exact) mass is 289 g/mol. The molecule has 2 rings (SSSR count). The minimum atomic E-state index is 0.332. The van der Waals surface area contributed by atoms with Crippen molar-refractivity contribution < 1.29 is 4.74 Å². The molecule has 1 aliphatic rings. The SMILES string of the molecule is CCCNC(CC(C)OC)CC1CCCc2ccccc21. The minimum absolute atomic E-state index is 0.332. The molecule has 1 aromatic carbocycles. The molecule has 0 fully saturated rings. The lowest BCUT2D eigenvalue weighted by molar-refractivity contribution is 0.0980. The number of nitrogens with one attached hydrogen (secondary N) is 1. The molecule has 2 heteroatoms. The molecule has 0 aromatic heterocycles. The lowest BCUT2D eigenvalue weighted by atomic mass is 9.79. The van der Waals surface area contributed by atoms with E-state index in [-0.39, 0.29) is 0 Å². The normalized spacial score (nSPS) is 20.8. The van der Waals surface area contributed by atoms with Crippen LogP contribution in [-0.2, 0) is 11.2 Å². The molecule has 3 atom stereocenters. The molecule has 118 valence electrons. The van der Waals surface area contributed by atoms with Crippen molar-refractivity contribution in [2.24, 2.45) is 0 Å². The Kier molecular flexibility index (Phi) is 6.72. The van der Waals surface area contributed by atoms with Crippen LogP contribution in [0.3, 0.4) is 0 Å². The summed E-state index contributed by atoms with van der Waals surface area (Å²) in [5.41, 5.74) is 3.17. The number of aryl methyl sites for hydroxylation is 1. The van der Waals surface area contributed by atoms with E-state index in [0.29, 0.717) is 18.1 Å².